The van der Waals surface area contributed by atoms with Crippen LogP contribution in [0, 0.1) is 0 Å². The minimum atomic E-state index is -3.38. The van der Waals surface area contributed by atoms with Gasteiger partial charge in [0.05, 0.1) is 6.20 Å². The highest BCUT2D eigenvalue weighted by Gasteiger charge is 2.15. The van der Waals surface area contributed by atoms with E-state index in [0.717, 1.165) is 25.9 Å². The molecule has 8 nitrogen and oxygen atoms in total. The molecule has 0 saturated heterocycles. The zero-order valence-electron chi connectivity index (χ0n) is 12.8. The molecule has 9 heteroatoms. The third-order valence-electron chi connectivity index (χ3n) is 2.98. The third-order valence-corrected chi connectivity index (χ3v) is 4.56. The number of hydrogen-bond donors (Lipinski definition) is 2. The molecule has 0 unspecified atom stereocenters. The fourth-order valence-electron chi connectivity index (χ4n) is 1.75. The summed E-state index contributed by atoms with van der Waals surface area (Å²) in [6, 6.07) is 0. The van der Waals surface area contributed by atoms with Crippen LogP contribution in [-0.4, -0.2) is 60.9 Å². The molecule has 0 radical (unpaired) electrons. The standard InChI is InChI=1S/C12H26N6O2S/c1-3-6-13-7-4-10-17(2)21(19,20)15-8-5-11-18-12-9-14-16-18/h9,12-13,15H,3-8,10-11H2,1-2H3. The van der Waals surface area contributed by atoms with Gasteiger partial charge < -0.3 is 5.32 Å². The van der Waals surface area contributed by atoms with Gasteiger partial charge in [-0.3, -0.25) is 4.68 Å². The molecule has 0 aliphatic rings. The Morgan fingerprint density at radius 2 is 2.05 bits per heavy atom. The van der Waals surface area contributed by atoms with E-state index < -0.39 is 10.2 Å². The van der Waals surface area contributed by atoms with Crippen LogP contribution < -0.4 is 10.0 Å². The zero-order valence-corrected chi connectivity index (χ0v) is 13.6. The van der Waals surface area contributed by atoms with Gasteiger partial charge in [-0.1, -0.05) is 12.1 Å². The Bertz CT molecular complexity index is 462. The minimum Gasteiger partial charge on any atom is -0.317 e. The summed E-state index contributed by atoms with van der Waals surface area (Å²) >= 11 is 0. The maximum absolute atomic E-state index is 12.0. The molecule has 1 aromatic rings. The molecule has 0 aliphatic carbocycles. The van der Waals surface area contributed by atoms with Crippen LogP contribution in [0.2, 0.25) is 0 Å². The average Bonchev–Trinajstić information content (AvgIpc) is 2.96. The van der Waals surface area contributed by atoms with Crippen LogP contribution in [0.25, 0.3) is 0 Å². The first kappa shape index (κ1) is 18.0. The van der Waals surface area contributed by atoms with Crippen molar-refractivity contribution in [1.82, 2.24) is 29.3 Å². The SMILES string of the molecule is CCCNCCCN(C)S(=O)(=O)NCCCn1ccnn1. The number of aromatic nitrogens is 3. The summed E-state index contributed by atoms with van der Waals surface area (Å²) in [5.74, 6) is 0. The Hall–Kier alpha value is -1.03. The molecule has 0 saturated carbocycles. The van der Waals surface area contributed by atoms with Crippen LogP contribution >= 0.6 is 0 Å². The molecule has 122 valence electrons. The van der Waals surface area contributed by atoms with Crippen molar-refractivity contribution in [3.05, 3.63) is 12.4 Å². The van der Waals surface area contributed by atoms with E-state index in [1.54, 1.807) is 24.1 Å². The van der Waals surface area contributed by atoms with Gasteiger partial charge >= 0.3 is 0 Å². The van der Waals surface area contributed by atoms with E-state index in [1.165, 1.54) is 4.31 Å². The van der Waals surface area contributed by atoms with E-state index in [4.69, 9.17) is 0 Å². The molecule has 1 heterocycles. The molecular weight excluding hydrogens is 292 g/mol. The Morgan fingerprint density at radius 1 is 1.24 bits per heavy atom. The van der Waals surface area contributed by atoms with Crippen molar-refractivity contribution < 1.29 is 8.42 Å². The molecule has 0 atom stereocenters. The van der Waals surface area contributed by atoms with Crippen molar-refractivity contribution in [3.8, 4) is 0 Å². The van der Waals surface area contributed by atoms with Gasteiger partial charge in [-0.25, -0.2) is 4.72 Å². The largest absolute Gasteiger partial charge is 0.317 e. The minimum absolute atomic E-state index is 0.390. The fraction of sp³-hybridized carbons (Fsp3) is 0.833. The van der Waals surface area contributed by atoms with E-state index in [2.05, 4.69) is 27.3 Å². The van der Waals surface area contributed by atoms with Gasteiger partial charge in [0.15, 0.2) is 0 Å². The summed E-state index contributed by atoms with van der Waals surface area (Å²) in [6.07, 6.45) is 5.92. The van der Waals surface area contributed by atoms with Gasteiger partial charge in [-0.05, 0) is 32.4 Å². The van der Waals surface area contributed by atoms with Crippen LogP contribution in [0.1, 0.15) is 26.2 Å². The lowest BCUT2D eigenvalue weighted by Crippen LogP contribution is -2.40. The van der Waals surface area contributed by atoms with Gasteiger partial charge in [0, 0.05) is 32.9 Å². The van der Waals surface area contributed by atoms with Crippen LogP contribution in [0.3, 0.4) is 0 Å². The molecule has 1 aromatic heterocycles. The second-order valence-corrected chi connectivity index (χ2v) is 6.71. The summed E-state index contributed by atoms with van der Waals surface area (Å²) in [5.41, 5.74) is 0. The van der Waals surface area contributed by atoms with Gasteiger partial charge in [-0.2, -0.15) is 12.7 Å². The number of hydrogen-bond acceptors (Lipinski definition) is 5. The van der Waals surface area contributed by atoms with Gasteiger partial charge in [0.25, 0.3) is 10.2 Å². The van der Waals surface area contributed by atoms with E-state index in [0.29, 0.717) is 26.1 Å². The fourth-order valence-corrected chi connectivity index (χ4v) is 2.75. The summed E-state index contributed by atoms with van der Waals surface area (Å²) in [5, 5.41) is 10.8. The molecule has 0 amide bonds. The van der Waals surface area contributed by atoms with Crippen molar-refractivity contribution in [2.45, 2.75) is 32.7 Å². The van der Waals surface area contributed by atoms with Crippen LogP contribution in [0.4, 0.5) is 0 Å². The topological polar surface area (TPSA) is 92.2 Å². The lowest BCUT2D eigenvalue weighted by atomic mass is 10.4. The highest BCUT2D eigenvalue weighted by atomic mass is 32.2. The predicted molar refractivity (Wildman–Crippen MR) is 82.0 cm³/mol. The first-order valence-corrected chi connectivity index (χ1v) is 8.76. The molecule has 0 bridgehead atoms. The normalized spacial score (nSPS) is 12.1. The first-order valence-electron chi connectivity index (χ1n) is 7.32. The quantitative estimate of drug-likeness (QED) is 0.522. The second-order valence-electron chi connectivity index (χ2n) is 4.84. The van der Waals surface area contributed by atoms with Crippen molar-refractivity contribution >= 4 is 10.2 Å². The lowest BCUT2D eigenvalue weighted by molar-refractivity contribution is 0.442. The lowest BCUT2D eigenvalue weighted by Gasteiger charge is -2.17. The Balaban J connectivity index is 2.15. The van der Waals surface area contributed by atoms with Crippen molar-refractivity contribution in [1.29, 1.82) is 0 Å². The van der Waals surface area contributed by atoms with Gasteiger partial charge in [0.2, 0.25) is 0 Å². The number of nitrogens with one attached hydrogen (secondary N) is 2. The van der Waals surface area contributed by atoms with E-state index in [9.17, 15) is 8.42 Å². The molecule has 0 fully saturated rings. The Morgan fingerprint density at radius 3 is 2.71 bits per heavy atom. The summed E-state index contributed by atoms with van der Waals surface area (Å²) in [6.45, 7) is 5.45. The van der Waals surface area contributed by atoms with Crippen molar-refractivity contribution in [3.63, 3.8) is 0 Å². The third kappa shape index (κ3) is 7.51. The summed E-state index contributed by atoms with van der Waals surface area (Å²) in [7, 11) is -1.79. The second kappa shape index (κ2) is 9.82. The maximum atomic E-state index is 12.0. The van der Waals surface area contributed by atoms with Crippen LogP contribution in [0.15, 0.2) is 12.4 Å². The van der Waals surface area contributed by atoms with Gasteiger partial charge in [0.1, 0.15) is 0 Å². The van der Waals surface area contributed by atoms with E-state index >= 15 is 0 Å². The van der Waals surface area contributed by atoms with Crippen molar-refractivity contribution in [2.24, 2.45) is 0 Å². The Labute approximate surface area is 127 Å². The number of nitrogens with zero attached hydrogens (tertiary/aromatic N) is 4. The van der Waals surface area contributed by atoms with Crippen LogP contribution in [0.5, 0.6) is 0 Å². The number of aryl methyl sites for hydroxylation is 1. The maximum Gasteiger partial charge on any atom is 0.279 e. The summed E-state index contributed by atoms with van der Waals surface area (Å²) < 4.78 is 29.6. The van der Waals surface area contributed by atoms with Crippen LogP contribution in [-0.2, 0) is 16.8 Å². The monoisotopic (exact) mass is 318 g/mol. The number of rotatable bonds is 12. The smallest absolute Gasteiger partial charge is 0.279 e. The molecular formula is C12H26N6O2S. The van der Waals surface area contributed by atoms with Gasteiger partial charge in [-0.15, -0.1) is 5.10 Å². The van der Waals surface area contributed by atoms with E-state index in [-0.39, 0.29) is 0 Å². The highest BCUT2D eigenvalue weighted by Crippen LogP contribution is 1.96. The Kier molecular flexibility index (Phi) is 8.43. The van der Waals surface area contributed by atoms with Crippen molar-refractivity contribution in [2.75, 3.05) is 33.2 Å². The molecule has 2 N–H and O–H groups in total. The predicted octanol–water partition coefficient (Wildman–Crippen LogP) is -0.176. The van der Waals surface area contributed by atoms with E-state index in [1.807, 2.05) is 0 Å². The molecule has 0 aliphatic heterocycles. The molecule has 0 spiro atoms. The highest BCUT2D eigenvalue weighted by molar-refractivity contribution is 7.87. The molecule has 21 heavy (non-hydrogen) atoms. The first-order chi connectivity index (χ1) is 10.1. The molecule has 0 aromatic carbocycles. The molecule has 1 rings (SSSR count). The average molecular weight is 318 g/mol. The summed E-state index contributed by atoms with van der Waals surface area (Å²) in [4.78, 5) is 0. The zero-order chi connectivity index (χ0) is 15.6.